The van der Waals surface area contributed by atoms with Crippen LogP contribution < -0.4 is 10.6 Å². The lowest BCUT2D eigenvalue weighted by Crippen LogP contribution is -2.39. The van der Waals surface area contributed by atoms with Gasteiger partial charge in [0.2, 0.25) is 10.0 Å². The quantitative estimate of drug-likeness (QED) is 0.179. The third-order valence-electron chi connectivity index (χ3n) is 6.65. The van der Waals surface area contributed by atoms with Gasteiger partial charge in [-0.15, -0.1) is 0 Å². The van der Waals surface area contributed by atoms with Crippen LogP contribution in [0.25, 0.3) is 11.1 Å². The number of amides is 2. The van der Waals surface area contributed by atoms with Crippen molar-refractivity contribution in [3.8, 4) is 11.1 Å². The predicted octanol–water partition coefficient (Wildman–Crippen LogP) is 4.79. The van der Waals surface area contributed by atoms with Gasteiger partial charge in [0.1, 0.15) is 0 Å². The van der Waals surface area contributed by atoms with E-state index in [0.717, 1.165) is 39.2 Å². The molecule has 0 fully saturated rings. The molecule has 0 spiro atoms. The maximum absolute atomic E-state index is 13.9. The van der Waals surface area contributed by atoms with Crippen LogP contribution in [0.5, 0.6) is 0 Å². The first-order valence-electron chi connectivity index (χ1n) is 13.3. The normalized spacial score (nSPS) is 13.1. The van der Waals surface area contributed by atoms with Crippen molar-refractivity contribution < 1.29 is 39.4 Å². The number of rotatable bonds is 13. The van der Waals surface area contributed by atoms with Gasteiger partial charge in [0.25, 0.3) is 10.1 Å². The van der Waals surface area contributed by atoms with Crippen molar-refractivity contribution in [2.24, 2.45) is 0 Å². The molecule has 3 rings (SSSR count). The maximum atomic E-state index is 13.9. The summed E-state index contributed by atoms with van der Waals surface area (Å²) in [5, 5.41) is 4.75. The van der Waals surface area contributed by atoms with Gasteiger partial charge < -0.3 is 10.6 Å². The lowest BCUT2D eigenvalue weighted by molar-refractivity contribution is -0.139. The van der Waals surface area contributed by atoms with Crippen molar-refractivity contribution in [3.05, 3.63) is 83.7 Å². The van der Waals surface area contributed by atoms with E-state index in [0.29, 0.717) is 5.56 Å². The smallest absolute Gasteiger partial charge is 0.338 e. The Morgan fingerprint density at radius 3 is 2.37 bits per heavy atom. The highest BCUT2D eigenvalue weighted by Crippen LogP contribution is 2.38. The van der Waals surface area contributed by atoms with Crippen LogP contribution in [0, 0.1) is 6.92 Å². The molecule has 2 aromatic carbocycles. The molecule has 0 radical (unpaired) electrons. The SMILES string of the molecule is Cc1cnccc1-c1cccc([C@H](C)N(CCCCNC(=O)NCCS(=O)(=O)O)S(=O)(=O)c2ccccc2C(F)(F)F)c1. The number of carbonyl (C=O) groups is 1. The molecule has 0 saturated carbocycles. The summed E-state index contributed by atoms with van der Waals surface area (Å²) in [4.78, 5) is 15.1. The molecular weight excluding hydrogens is 609 g/mol. The molecule has 10 nitrogen and oxygen atoms in total. The molecule has 0 unspecified atom stereocenters. The topological polar surface area (TPSA) is 146 Å². The third-order valence-corrected chi connectivity index (χ3v) is 9.40. The number of sulfonamides is 1. The number of pyridine rings is 1. The van der Waals surface area contributed by atoms with Crippen molar-refractivity contribution in [3.63, 3.8) is 0 Å². The molecule has 1 aromatic heterocycles. The molecule has 0 aliphatic heterocycles. The van der Waals surface area contributed by atoms with Crippen LogP contribution in [0.4, 0.5) is 18.0 Å². The van der Waals surface area contributed by atoms with Gasteiger partial charge in [0, 0.05) is 38.1 Å². The number of unbranched alkanes of at least 4 members (excludes halogenated alkanes) is 1. The Morgan fingerprint density at radius 2 is 1.70 bits per heavy atom. The zero-order valence-corrected chi connectivity index (χ0v) is 25.1. The molecule has 2 amide bonds. The van der Waals surface area contributed by atoms with Crippen LogP contribution in [0.1, 0.15) is 42.5 Å². The van der Waals surface area contributed by atoms with Gasteiger partial charge in [-0.2, -0.15) is 25.9 Å². The number of aryl methyl sites for hydroxylation is 1. The molecule has 3 aromatic rings. The molecule has 0 aliphatic rings. The maximum Gasteiger partial charge on any atom is 0.417 e. The van der Waals surface area contributed by atoms with Gasteiger partial charge in [-0.25, -0.2) is 13.2 Å². The number of halogens is 3. The summed E-state index contributed by atoms with van der Waals surface area (Å²) >= 11 is 0. The number of hydrogen-bond acceptors (Lipinski definition) is 6. The molecular formula is C28H33F3N4O6S2. The molecule has 1 atom stereocenters. The number of nitrogens with zero attached hydrogens (tertiary/aromatic N) is 2. The highest BCUT2D eigenvalue weighted by molar-refractivity contribution is 7.89. The number of urea groups is 1. The van der Waals surface area contributed by atoms with Crippen LogP contribution in [-0.2, 0) is 26.3 Å². The largest absolute Gasteiger partial charge is 0.417 e. The third kappa shape index (κ3) is 9.48. The highest BCUT2D eigenvalue weighted by Gasteiger charge is 2.40. The number of aromatic nitrogens is 1. The molecule has 15 heteroatoms. The summed E-state index contributed by atoms with van der Waals surface area (Å²) in [5.74, 6) is -0.660. The first-order chi connectivity index (χ1) is 20.1. The van der Waals surface area contributed by atoms with Gasteiger partial charge in [-0.05, 0) is 73.2 Å². The monoisotopic (exact) mass is 642 g/mol. The average Bonchev–Trinajstić information content (AvgIpc) is 2.93. The first-order valence-corrected chi connectivity index (χ1v) is 16.3. The van der Waals surface area contributed by atoms with Gasteiger partial charge in [0.15, 0.2) is 0 Å². The Balaban J connectivity index is 1.85. The van der Waals surface area contributed by atoms with Crippen LogP contribution >= 0.6 is 0 Å². The molecule has 3 N–H and O–H groups in total. The number of carbonyl (C=O) groups excluding carboxylic acids is 1. The van der Waals surface area contributed by atoms with Crippen molar-refractivity contribution in [2.75, 3.05) is 25.4 Å². The van der Waals surface area contributed by atoms with Gasteiger partial charge in [-0.1, -0.05) is 30.3 Å². The second-order valence-electron chi connectivity index (χ2n) is 9.78. The fourth-order valence-electron chi connectivity index (χ4n) is 4.45. The van der Waals surface area contributed by atoms with E-state index >= 15 is 0 Å². The van der Waals surface area contributed by atoms with Crippen LogP contribution in [0.15, 0.2) is 71.9 Å². The summed E-state index contributed by atoms with van der Waals surface area (Å²) in [5.41, 5.74) is 1.86. The minimum absolute atomic E-state index is 0.0793. The Hall–Kier alpha value is -3.53. The average molecular weight is 643 g/mol. The summed E-state index contributed by atoms with van der Waals surface area (Å²) in [7, 11) is -8.89. The van der Waals surface area contributed by atoms with E-state index in [9.17, 15) is 34.8 Å². The van der Waals surface area contributed by atoms with E-state index in [-0.39, 0.29) is 32.5 Å². The van der Waals surface area contributed by atoms with Crippen molar-refractivity contribution in [1.29, 1.82) is 0 Å². The van der Waals surface area contributed by atoms with E-state index in [1.165, 1.54) is 6.07 Å². The predicted molar refractivity (Wildman–Crippen MR) is 155 cm³/mol. The van der Waals surface area contributed by atoms with E-state index in [1.54, 1.807) is 37.5 Å². The lowest BCUT2D eigenvalue weighted by Gasteiger charge is -2.30. The second kappa shape index (κ2) is 14.3. The van der Waals surface area contributed by atoms with E-state index < -0.39 is 54.6 Å². The first kappa shape index (κ1) is 34.0. The standard InChI is InChI=1S/C28H33F3N4O6S2/c1-20-19-32-14-12-24(20)23-9-7-8-22(18-23)21(2)35(16-6-5-13-33-27(36)34-15-17-42(37,38)39)43(40,41)26-11-4-3-10-25(26)28(29,30)31/h3-4,7-12,14,18-19,21H,5-6,13,15-17H2,1-2H3,(H2,33,34,36)(H,37,38,39)/t21-/m0/s1. The number of hydrogen-bond donors (Lipinski definition) is 3. The minimum atomic E-state index is -4.90. The summed E-state index contributed by atoms with van der Waals surface area (Å²) in [6, 6.07) is 11.4. The van der Waals surface area contributed by atoms with E-state index in [1.807, 2.05) is 19.1 Å². The van der Waals surface area contributed by atoms with Gasteiger partial charge in [0.05, 0.1) is 16.2 Å². The Morgan fingerprint density at radius 1 is 1.00 bits per heavy atom. The Kier molecular flexibility index (Phi) is 11.3. The number of alkyl halides is 3. The van der Waals surface area contributed by atoms with Crippen LogP contribution in [0.2, 0.25) is 0 Å². The molecule has 1 heterocycles. The minimum Gasteiger partial charge on any atom is -0.338 e. The fraction of sp³-hybridized carbons (Fsp3) is 0.357. The van der Waals surface area contributed by atoms with E-state index in [2.05, 4.69) is 15.6 Å². The van der Waals surface area contributed by atoms with Crippen molar-refractivity contribution in [1.82, 2.24) is 19.9 Å². The number of nitrogens with one attached hydrogen (secondary N) is 2. The van der Waals surface area contributed by atoms with Crippen molar-refractivity contribution in [2.45, 2.75) is 43.8 Å². The number of benzene rings is 2. The molecule has 0 aliphatic carbocycles. The van der Waals surface area contributed by atoms with Crippen molar-refractivity contribution >= 4 is 26.2 Å². The van der Waals surface area contributed by atoms with Crippen LogP contribution in [0.3, 0.4) is 0 Å². The van der Waals surface area contributed by atoms with Gasteiger partial charge >= 0.3 is 12.2 Å². The summed E-state index contributed by atoms with van der Waals surface area (Å²) < 4.78 is 101. The molecule has 0 saturated heterocycles. The highest BCUT2D eigenvalue weighted by atomic mass is 32.2. The second-order valence-corrected chi connectivity index (χ2v) is 13.2. The van der Waals surface area contributed by atoms with E-state index in [4.69, 9.17) is 4.55 Å². The van der Waals surface area contributed by atoms with Gasteiger partial charge in [-0.3, -0.25) is 9.54 Å². The zero-order valence-electron chi connectivity index (χ0n) is 23.5. The fourth-order valence-corrected chi connectivity index (χ4v) is 6.69. The summed E-state index contributed by atoms with van der Waals surface area (Å²) in [6.07, 6.45) is -1.12. The van der Waals surface area contributed by atoms with Crippen LogP contribution in [-0.4, -0.2) is 62.1 Å². The molecule has 43 heavy (non-hydrogen) atoms. The summed E-state index contributed by atoms with van der Waals surface area (Å²) in [6.45, 7) is 3.10. The Bertz CT molecular complexity index is 1630. The lowest BCUT2D eigenvalue weighted by atomic mass is 9.98. The Labute approximate surface area is 249 Å². The zero-order chi connectivity index (χ0) is 31.8. The molecule has 0 bridgehead atoms. The molecule has 234 valence electrons.